The largest absolute Gasteiger partial charge is 0.486 e. The molecule has 0 aliphatic carbocycles. The average molecular weight is 570 g/mol. The number of benzene rings is 4. The van der Waals surface area contributed by atoms with E-state index in [1.54, 1.807) is 30.3 Å². The molecule has 2 aliphatic rings. The van der Waals surface area contributed by atoms with Gasteiger partial charge >= 0.3 is 0 Å². The van der Waals surface area contributed by atoms with Crippen molar-refractivity contribution in [3.63, 3.8) is 0 Å². The van der Waals surface area contributed by atoms with E-state index in [-0.39, 0.29) is 17.3 Å². The standard InChI is InChI=1S/C32H31N3O5S/c36-32(34-19-17-33(18-20-34)27-9-5-2-6-10-27)26-11-13-28(14-12-26)35(24-25-7-3-1-4-8-25)41(37,38)29-15-16-30-31(23-29)40-22-21-39-30/h1-16,23H,17-22,24H2. The van der Waals surface area contributed by atoms with E-state index in [1.807, 2.05) is 53.4 Å². The molecule has 2 heterocycles. The molecule has 1 amide bonds. The number of piperazine rings is 1. The van der Waals surface area contributed by atoms with Crippen molar-refractivity contribution in [3.8, 4) is 11.5 Å². The summed E-state index contributed by atoms with van der Waals surface area (Å²) in [5.74, 6) is 0.871. The van der Waals surface area contributed by atoms with E-state index in [0.717, 1.165) is 24.3 Å². The van der Waals surface area contributed by atoms with Gasteiger partial charge < -0.3 is 19.3 Å². The highest BCUT2D eigenvalue weighted by atomic mass is 32.2. The molecule has 0 saturated carbocycles. The first-order valence-corrected chi connectivity index (χ1v) is 15.1. The predicted molar refractivity (Wildman–Crippen MR) is 158 cm³/mol. The first kappa shape index (κ1) is 26.7. The van der Waals surface area contributed by atoms with Gasteiger partial charge in [0.05, 0.1) is 17.1 Å². The minimum Gasteiger partial charge on any atom is -0.486 e. The molecule has 210 valence electrons. The van der Waals surface area contributed by atoms with Crippen LogP contribution in [0.1, 0.15) is 15.9 Å². The smallest absolute Gasteiger partial charge is 0.264 e. The van der Waals surface area contributed by atoms with Crippen molar-refractivity contribution in [2.24, 2.45) is 0 Å². The number of rotatable bonds is 7. The number of ether oxygens (including phenoxy) is 2. The van der Waals surface area contributed by atoms with E-state index in [2.05, 4.69) is 17.0 Å². The topological polar surface area (TPSA) is 79.4 Å². The third-order valence-corrected chi connectivity index (χ3v) is 9.13. The summed E-state index contributed by atoms with van der Waals surface area (Å²) >= 11 is 0. The summed E-state index contributed by atoms with van der Waals surface area (Å²) in [5.41, 5.74) is 2.99. The van der Waals surface area contributed by atoms with E-state index in [9.17, 15) is 13.2 Å². The molecule has 2 aliphatic heterocycles. The van der Waals surface area contributed by atoms with Crippen LogP contribution in [0.15, 0.2) is 108 Å². The van der Waals surface area contributed by atoms with Gasteiger partial charge in [0.2, 0.25) is 0 Å². The van der Waals surface area contributed by atoms with Gasteiger partial charge in [-0.25, -0.2) is 8.42 Å². The maximum Gasteiger partial charge on any atom is 0.264 e. The molecular formula is C32H31N3O5S. The van der Waals surface area contributed by atoms with Crippen molar-refractivity contribution in [2.75, 3.05) is 48.6 Å². The summed E-state index contributed by atoms with van der Waals surface area (Å²) in [4.78, 5) is 17.5. The molecule has 0 spiro atoms. The molecule has 0 N–H and O–H groups in total. The predicted octanol–water partition coefficient (Wildman–Crippen LogP) is 4.82. The number of carbonyl (C=O) groups is 1. The number of nitrogens with zero attached hydrogens (tertiary/aromatic N) is 3. The van der Waals surface area contributed by atoms with Gasteiger partial charge in [-0.15, -0.1) is 0 Å². The quantitative estimate of drug-likeness (QED) is 0.318. The molecule has 0 unspecified atom stereocenters. The van der Waals surface area contributed by atoms with Crippen LogP contribution in [0.25, 0.3) is 0 Å². The third-order valence-electron chi connectivity index (χ3n) is 7.36. The number of amides is 1. The maximum atomic E-state index is 14.0. The van der Waals surface area contributed by atoms with E-state index in [1.165, 1.54) is 16.4 Å². The van der Waals surface area contributed by atoms with Gasteiger partial charge in [0, 0.05) is 43.5 Å². The van der Waals surface area contributed by atoms with Crippen molar-refractivity contribution >= 4 is 27.3 Å². The number of sulfonamides is 1. The SMILES string of the molecule is O=C(c1ccc(N(Cc2ccccc2)S(=O)(=O)c2ccc3c(c2)OCCO3)cc1)N1CCN(c2ccccc2)CC1. The van der Waals surface area contributed by atoms with E-state index < -0.39 is 10.0 Å². The monoisotopic (exact) mass is 569 g/mol. The van der Waals surface area contributed by atoms with Crippen molar-refractivity contribution < 1.29 is 22.7 Å². The van der Waals surface area contributed by atoms with E-state index in [0.29, 0.717) is 49.1 Å². The lowest BCUT2D eigenvalue weighted by Gasteiger charge is -2.36. The third kappa shape index (κ3) is 5.71. The lowest BCUT2D eigenvalue weighted by Crippen LogP contribution is -2.48. The second-order valence-corrected chi connectivity index (χ2v) is 11.8. The Hall–Kier alpha value is -4.50. The summed E-state index contributed by atoms with van der Waals surface area (Å²) in [6.07, 6.45) is 0. The highest BCUT2D eigenvalue weighted by molar-refractivity contribution is 7.92. The van der Waals surface area contributed by atoms with Crippen LogP contribution in [0.5, 0.6) is 11.5 Å². The highest BCUT2D eigenvalue weighted by Crippen LogP contribution is 2.35. The Kier molecular flexibility index (Phi) is 7.52. The van der Waals surface area contributed by atoms with Crippen LogP contribution in [0.3, 0.4) is 0 Å². The Labute approximate surface area is 240 Å². The molecule has 9 heteroatoms. The fourth-order valence-corrected chi connectivity index (χ4v) is 6.60. The zero-order valence-corrected chi connectivity index (χ0v) is 23.4. The summed E-state index contributed by atoms with van der Waals surface area (Å²) in [6, 6.07) is 31.1. The molecule has 0 aromatic heterocycles. The van der Waals surface area contributed by atoms with Crippen LogP contribution >= 0.6 is 0 Å². The number of hydrogen-bond donors (Lipinski definition) is 0. The van der Waals surface area contributed by atoms with Crippen molar-refractivity contribution in [3.05, 3.63) is 114 Å². The molecular weight excluding hydrogens is 538 g/mol. The van der Waals surface area contributed by atoms with Gasteiger partial charge in [-0.2, -0.15) is 0 Å². The van der Waals surface area contributed by atoms with Gasteiger partial charge in [0.25, 0.3) is 15.9 Å². The number of fused-ring (bicyclic) bond motifs is 1. The molecule has 8 nitrogen and oxygen atoms in total. The van der Waals surface area contributed by atoms with Crippen molar-refractivity contribution in [2.45, 2.75) is 11.4 Å². The van der Waals surface area contributed by atoms with Crippen LogP contribution in [0, 0.1) is 0 Å². The van der Waals surface area contributed by atoms with Crippen LogP contribution in [0.4, 0.5) is 11.4 Å². The fourth-order valence-electron chi connectivity index (χ4n) is 5.14. The molecule has 0 atom stereocenters. The van der Waals surface area contributed by atoms with Gasteiger partial charge in [-0.1, -0.05) is 48.5 Å². The van der Waals surface area contributed by atoms with Crippen LogP contribution in [-0.4, -0.2) is 58.6 Å². The van der Waals surface area contributed by atoms with Crippen molar-refractivity contribution in [1.29, 1.82) is 0 Å². The van der Waals surface area contributed by atoms with Crippen LogP contribution in [-0.2, 0) is 16.6 Å². The van der Waals surface area contributed by atoms with Gasteiger partial charge in [0.1, 0.15) is 13.2 Å². The second kappa shape index (κ2) is 11.5. The minimum atomic E-state index is -3.97. The van der Waals surface area contributed by atoms with Crippen LogP contribution < -0.4 is 18.7 Å². The normalized spacial score (nSPS) is 14.9. The van der Waals surface area contributed by atoms with Gasteiger partial charge in [-0.3, -0.25) is 9.10 Å². The molecule has 0 bridgehead atoms. The van der Waals surface area contributed by atoms with Crippen molar-refractivity contribution in [1.82, 2.24) is 4.90 Å². The molecule has 4 aromatic carbocycles. The summed E-state index contributed by atoms with van der Waals surface area (Å²) in [6.45, 7) is 3.67. The highest BCUT2D eigenvalue weighted by Gasteiger charge is 2.28. The molecule has 0 radical (unpaired) electrons. The Balaban J connectivity index is 1.23. The van der Waals surface area contributed by atoms with Crippen LogP contribution in [0.2, 0.25) is 0 Å². The van der Waals surface area contributed by atoms with E-state index in [4.69, 9.17) is 9.47 Å². The molecule has 41 heavy (non-hydrogen) atoms. The molecule has 1 saturated heterocycles. The van der Waals surface area contributed by atoms with E-state index >= 15 is 0 Å². The Morgan fingerprint density at radius 2 is 1.37 bits per heavy atom. The zero-order chi connectivity index (χ0) is 28.2. The molecule has 1 fully saturated rings. The lowest BCUT2D eigenvalue weighted by molar-refractivity contribution is 0.0747. The Morgan fingerprint density at radius 3 is 2.05 bits per heavy atom. The first-order valence-electron chi connectivity index (χ1n) is 13.6. The maximum absolute atomic E-state index is 14.0. The summed E-state index contributed by atoms with van der Waals surface area (Å²) < 4.78 is 40.6. The number of para-hydroxylation sites is 1. The fraction of sp³-hybridized carbons (Fsp3) is 0.219. The lowest BCUT2D eigenvalue weighted by atomic mass is 10.1. The Morgan fingerprint density at radius 1 is 0.732 bits per heavy atom. The summed E-state index contributed by atoms with van der Waals surface area (Å²) in [5, 5.41) is 0. The molecule has 4 aromatic rings. The Bertz CT molecular complexity index is 1600. The summed E-state index contributed by atoms with van der Waals surface area (Å²) in [7, 11) is -3.97. The molecule has 6 rings (SSSR count). The first-order chi connectivity index (χ1) is 20.0. The van der Waals surface area contributed by atoms with Gasteiger partial charge in [0.15, 0.2) is 11.5 Å². The minimum absolute atomic E-state index is 0.0615. The zero-order valence-electron chi connectivity index (χ0n) is 22.6. The van der Waals surface area contributed by atoms with Gasteiger partial charge in [-0.05, 0) is 54.1 Å². The average Bonchev–Trinajstić information content (AvgIpc) is 3.04. The number of hydrogen-bond acceptors (Lipinski definition) is 6. The number of anilines is 2. The number of carbonyl (C=O) groups excluding carboxylic acids is 1. The second-order valence-electron chi connectivity index (χ2n) is 9.96.